The molecule has 26 heavy (non-hydrogen) atoms. The Morgan fingerprint density at radius 3 is 2.46 bits per heavy atom. The van der Waals surface area contributed by atoms with Crippen molar-refractivity contribution in [1.29, 1.82) is 5.26 Å². The van der Waals surface area contributed by atoms with Crippen molar-refractivity contribution in [3.05, 3.63) is 21.3 Å². The van der Waals surface area contributed by atoms with Crippen LogP contribution in [0.15, 0.2) is 12.1 Å². The van der Waals surface area contributed by atoms with E-state index in [1.54, 1.807) is 21.1 Å². The van der Waals surface area contributed by atoms with E-state index >= 15 is 0 Å². The van der Waals surface area contributed by atoms with E-state index in [1.807, 2.05) is 13.1 Å². The number of thiophene rings is 1. The van der Waals surface area contributed by atoms with E-state index in [4.69, 9.17) is 11.6 Å². The van der Waals surface area contributed by atoms with Crippen LogP contribution in [0.5, 0.6) is 0 Å². The second-order valence-electron chi connectivity index (χ2n) is 7.72. The minimum Gasteiger partial charge on any atom is -0.322 e. The summed E-state index contributed by atoms with van der Waals surface area (Å²) in [6.45, 7) is 5.70. The van der Waals surface area contributed by atoms with E-state index in [0.717, 1.165) is 62.7 Å². The molecular weight excluding hydrogens is 368 g/mol. The Bertz CT molecular complexity index is 657. The molecule has 1 aliphatic heterocycles. The lowest BCUT2D eigenvalue weighted by Crippen LogP contribution is -3.28. The molecular formula is C19H29ClN4OS+2. The number of quaternary nitrogens is 2. The first kappa shape index (κ1) is 19.6. The number of carbonyl (C=O) groups is 1. The predicted molar refractivity (Wildman–Crippen MR) is 103 cm³/mol. The normalized spacial score (nSPS) is 25.4. The average Bonchev–Trinajstić information content (AvgIpc) is 3.08. The second-order valence-corrected chi connectivity index (χ2v) is 9.52. The fourth-order valence-electron chi connectivity index (χ4n) is 4.23. The summed E-state index contributed by atoms with van der Waals surface area (Å²) in [6, 6.07) is 6.53. The molecule has 0 atom stereocenters. The Morgan fingerprint density at radius 1 is 1.23 bits per heavy atom. The number of rotatable bonds is 5. The average molecular weight is 397 g/mol. The maximum absolute atomic E-state index is 12.8. The smallest absolute Gasteiger partial charge is 0.278 e. The minimum absolute atomic E-state index is 0.122. The Morgan fingerprint density at radius 2 is 1.88 bits per heavy atom. The number of amides is 1. The largest absolute Gasteiger partial charge is 0.322 e. The molecule has 2 heterocycles. The van der Waals surface area contributed by atoms with Gasteiger partial charge in [0.15, 0.2) is 6.54 Å². The number of nitrogens with zero attached hydrogens (tertiary/aromatic N) is 2. The molecule has 2 aliphatic rings. The highest BCUT2D eigenvalue weighted by Gasteiger charge is 2.40. The summed E-state index contributed by atoms with van der Waals surface area (Å²) in [6.07, 6.45) is 4.92. The van der Waals surface area contributed by atoms with Crippen LogP contribution in [0.4, 0.5) is 0 Å². The number of halogens is 1. The zero-order chi connectivity index (χ0) is 18.6. The molecule has 0 bridgehead atoms. The van der Waals surface area contributed by atoms with E-state index in [-0.39, 0.29) is 5.91 Å². The molecule has 1 amide bonds. The van der Waals surface area contributed by atoms with Gasteiger partial charge in [-0.25, -0.2) is 0 Å². The maximum Gasteiger partial charge on any atom is 0.278 e. The quantitative estimate of drug-likeness (QED) is 0.755. The van der Waals surface area contributed by atoms with Crippen LogP contribution in [-0.2, 0) is 11.3 Å². The van der Waals surface area contributed by atoms with Crippen molar-refractivity contribution < 1.29 is 14.6 Å². The fraction of sp³-hybridized carbons (Fsp3) is 0.684. The van der Waals surface area contributed by atoms with Crippen LogP contribution >= 0.6 is 22.9 Å². The lowest BCUT2D eigenvalue weighted by atomic mass is 9.81. The van der Waals surface area contributed by atoms with Crippen LogP contribution < -0.4 is 9.80 Å². The van der Waals surface area contributed by atoms with Crippen LogP contribution in [0.2, 0.25) is 4.34 Å². The van der Waals surface area contributed by atoms with Crippen molar-refractivity contribution in [1.82, 2.24) is 4.90 Å². The summed E-state index contributed by atoms with van der Waals surface area (Å²) in [5.74, 6) is 0.122. The second kappa shape index (κ2) is 8.71. The van der Waals surface area contributed by atoms with Crippen molar-refractivity contribution in [2.24, 2.45) is 0 Å². The summed E-state index contributed by atoms with van der Waals surface area (Å²) in [7, 11) is 1.83. The van der Waals surface area contributed by atoms with Gasteiger partial charge in [-0.05, 0) is 25.0 Å². The molecule has 5 nitrogen and oxygen atoms in total. The van der Waals surface area contributed by atoms with Gasteiger partial charge in [0.1, 0.15) is 38.3 Å². The number of piperazine rings is 1. The molecule has 1 saturated carbocycles. The van der Waals surface area contributed by atoms with E-state index in [9.17, 15) is 10.1 Å². The molecule has 142 valence electrons. The molecule has 3 rings (SSSR count). The molecule has 1 aromatic rings. The van der Waals surface area contributed by atoms with Gasteiger partial charge in [-0.1, -0.05) is 30.9 Å². The van der Waals surface area contributed by atoms with Crippen molar-refractivity contribution >= 4 is 28.8 Å². The molecule has 1 aromatic heterocycles. The number of nitrogens with one attached hydrogen (secondary N) is 2. The fourth-order valence-corrected chi connectivity index (χ4v) is 5.39. The first-order chi connectivity index (χ1) is 12.5. The van der Waals surface area contributed by atoms with Crippen molar-refractivity contribution in [3.63, 3.8) is 0 Å². The third kappa shape index (κ3) is 4.58. The molecule has 0 aromatic carbocycles. The predicted octanol–water partition coefficient (Wildman–Crippen LogP) is 0.370. The third-order valence-electron chi connectivity index (χ3n) is 6.02. The molecule has 1 saturated heterocycles. The van der Waals surface area contributed by atoms with Gasteiger partial charge in [-0.15, -0.1) is 11.3 Å². The summed E-state index contributed by atoms with van der Waals surface area (Å²) >= 11 is 7.68. The highest BCUT2D eigenvalue weighted by atomic mass is 35.5. The third-order valence-corrected chi connectivity index (χ3v) is 7.25. The van der Waals surface area contributed by atoms with E-state index in [1.165, 1.54) is 16.2 Å². The molecule has 0 unspecified atom stereocenters. The van der Waals surface area contributed by atoms with Crippen molar-refractivity contribution in [2.75, 3.05) is 39.8 Å². The first-order valence-corrected chi connectivity index (χ1v) is 10.8. The number of likely N-dealkylation sites (N-methyl/N-ethyl adjacent to an activating group) is 1. The van der Waals surface area contributed by atoms with E-state index in [0.29, 0.717) is 6.54 Å². The molecule has 2 fully saturated rings. The summed E-state index contributed by atoms with van der Waals surface area (Å²) in [4.78, 5) is 18.8. The van der Waals surface area contributed by atoms with Crippen LogP contribution in [0.25, 0.3) is 0 Å². The zero-order valence-electron chi connectivity index (χ0n) is 15.5. The Labute approximate surface area is 165 Å². The highest BCUT2D eigenvalue weighted by molar-refractivity contribution is 7.16. The van der Waals surface area contributed by atoms with Crippen LogP contribution in [0.3, 0.4) is 0 Å². The lowest BCUT2D eigenvalue weighted by molar-refractivity contribution is -1.02. The van der Waals surface area contributed by atoms with Crippen molar-refractivity contribution in [2.45, 2.75) is 44.2 Å². The van der Waals surface area contributed by atoms with Gasteiger partial charge in [-0.3, -0.25) is 4.79 Å². The Balaban J connectivity index is 1.47. The van der Waals surface area contributed by atoms with Gasteiger partial charge in [0.2, 0.25) is 0 Å². The Hall–Kier alpha value is -1.13. The Kier molecular flexibility index (Phi) is 6.57. The topological polar surface area (TPSA) is 53.0 Å². The van der Waals surface area contributed by atoms with Crippen LogP contribution in [-0.4, -0.2) is 56.1 Å². The van der Waals surface area contributed by atoms with Gasteiger partial charge in [0.25, 0.3) is 5.91 Å². The SMILES string of the molecule is CN(C(=O)C[NH+]1CC[NH+](Cc2ccc(Cl)s2)CC1)C1(C#N)CCCCC1. The van der Waals surface area contributed by atoms with Crippen LogP contribution in [0.1, 0.15) is 37.0 Å². The van der Waals surface area contributed by atoms with Crippen LogP contribution in [0, 0.1) is 11.3 Å². The number of carbonyl (C=O) groups excluding carboxylic acids is 1. The van der Waals surface area contributed by atoms with Gasteiger partial charge >= 0.3 is 0 Å². The number of hydrogen-bond acceptors (Lipinski definition) is 3. The molecule has 0 radical (unpaired) electrons. The number of nitriles is 1. The van der Waals surface area contributed by atoms with Gasteiger partial charge < -0.3 is 14.7 Å². The van der Waals surface area contributed by atoms with Gasteiger partial charge in [-0.2, -0.15) is 5.26 Å². The monoisotopic (exact) mass is 396 g/mol. The zero-order valence-corrected chi connectivity index (χ0v) is 17.1. The van der Waals surface area contributed by atoms with Crippen molar-refractivity contribution in [3.8, 4) is 6.07 Å². The van der Waals surface area contributed by atoms with E-state index in [2.05, 4.69) is 12.1 Å². The first-order valence-electron chi connectivity index (χ1n) is 9.62. The molecule has 7 heteroatoms. The molecule has 1 aliphatic carbocycles. The number of hydrogen-bond donors (Lipinski definition) is 2. The maximum atomic E-state index is 12.8. The van der Waals surface area contributed by atoms with Gasteiger partial charge in [0, 0.05) is 7.05 Å². The highest BCUT2D eigenvalue weighted by Crippen LogP contribution is 2.32. The lowest BCUT2D eigenvalue weighted by Gasteiger charge is -2.39. The molecule has 2 N–H and O–H groups in total. The minimum atomic E-state index is -0.569. The summed E-state index contributed by atoms with van der Waals surface area (Å²) in [5.41, 5.74) is -0.569. The molecule has 0 spiro atoms. The summed E-state index contributed by atoms with van der Waals surface area (Å²) in [5, 5.41) is 9.68. The summed E-state index contributed by atoms with van der Waals surface area (Å²) < 4.78 is 0.853. The standard InChI is InChI=1S/C19H27ClN4OS/c1-22(19(15-21)7-3-2-4-8-19)18(25)14-24-11-9-23(10-12-24)13-16-5-6-17(20)26-16/h5-6H,2-4,7-14H2,1H3/p+2. The van der Waals surface area contributed by atoms with E-state index < -0.39 is 5.54 Å². The van der Waals surface area contributed by atoms with Gasteiger partial charge in [0.05, 0.1) is 15.3 Å².